The zero-order chi connectivity index (χ0) is 17.8. The molecule has 2 fully saturated rings. The summed E-state index contributed by atoms with van der Waals surface area (Å²) in [5.41, 5.74) is 2.35. The van der Waals surface area contributed by atoms with Gasteiger partial charge in [-0.1, -0.05) is 6.07 Å². The van der Waals surface area contributed by atoms with Gasteiger partial charge in [0, 0.05) is 57.9 Å². The standard InChI is InChI=1S/C20H28N4O2/c1-23-12-18(11-22-23)13-24-15-20(16-24)10-17(6-9-26-20)5-8-25-14-19-4-2-3-7-21-19/h2-4,7,11-12,17H,5-6,8-10,13-16H2,1H3. The average molecular weight is 356 g/mol. The van der Waals surface area contributed by atoms with E-state index in [4.69, 9.17) is 9.47 Å². The van der Waals surface area contributed by atoms with E-state index in [1.807, 2.05) is 42.3 Å². The van der Waals surface area contributed by atoms with Gasteiger partial charge in [0.1, 0.15) is 0 Å². The minimum atomic E-state index is 0.0755. The van der Waals surface area contributed by atoms with Crippen LogP contribution >= 0.6 is 0 Å². The molecule has 0 radical (unpaired) electrons. The van der Waals surface area contributed by atoms with Crippen LogP contribution in [0.1, 0.15) is 30.5 Å². The van der Waals surface area contributed by atoms with Gasteiger partial charge in [-0.25, -0.2) is 0 Å². The maximum Gasteiger partial charge on any atom is 0.0937 e. The van der Waals surface area contributed by atoms with Crippen molar-refractivity contribution in [3.05, 3.63) is 48.0 Å². The second-order valence-corrected chi connectivity index (χ2v) is 7.72. The monoisotopic (exact) mass is 356 g/mol. The summed E-state index contributed by atoms with van der Waals surface area (Å²) in [4.78, 5) is 6.75. The maximum absolute atomic E-state index is 6.17. The molecule has 2 aromatic rings. The van der Waals surface area contributed by atoms with Gasteiger partial charge < -0.3 is 9.47 Å². The smallest absolute Gasteiger partial charge is 0.0937 e. The molecule has 2 aromatic heterocycles. The fraction of sp³-hybridized carbons (Fsp3) is 0.600. The molecule has 26 heavy (non-hydrogen) atoms. The molecule has 2 saturated heterocycles. The van der Waals surface area contributed by atoms with Crippen molar-refractivity contribution in [2.75, 3.05) is 26.3 Å². The number of likely N-dealkylation sites (tertiary alicyclic amines) is 1. The zero-order valence-corrected chi connectivity index (χ0v) is 15.5. The highest BCUT2D eigenvalue weighted by Crippen LogP contribution is 2.38. The first-order valence-corrected chi connectivity index (χ1v) is 9.52. The van der Waals surface area contributed by atoms with Crippen molar-refractivity contribution < 1.29 is 9.47 Å². The van der Waals surface area contributed by atoms with Gasteiger partial charge in [-0.3, -0.25) is 14.6 Å². The van der Waals surface area contributed by atoms with E-state index in [0.717, 1.165) is 57.8 Å². The summed E-state index contributed by atoms with van der Waals surface area (Å²) < 4.78 is 13.9. The lowest BCUT2D eigenvalue weighted by atomic mass is 9.79. The molecule has 140 valence electrons. The molecule has 1 unspecified atom stereocenters. The summed E-state index contributed by atoms with van der Waals surface area (Å²) in [6, 6.07) is 5.94. The Kier molecular flexibility index (Phi) is 5.33. The van der Waals surface area contributed by atoms with E-state index in [-0.39, 0.29) is 5.60 Å². The van der Waals surface area contributed by atoms with Gasteiger partial charge in [-0.15, -0.1) is 0 Å². The van der Waals surface area contributed by atoms with Crippen LogP contribution in [0, 0.1) is 5.92 Å². The molecule has 0 N–H and O–H groups in total. The largest absolute Gasteiger partial charge is 0.375 e. The molecule has 6 heteroatoms. The van der Waals surface area contributed by atoms with Crippen LogP contribution < -0.4 is 0 Å². The number of hydrogen-bond acceptors (Lipinski definition) is 5. The summed E-state index contributed by atoms with van der Waals surface area (Å²) in [5.74, 6) is 0.702. The molecule has 2 aliphatic rings. The molecule has 0 bridgehead atoms. The molecule has 4 rings (SSSR count). The van der Waals surface area contributed by atoms with Gasteiger partial charge in [0.25, 0.3) is 0 Å². The normalized spacial score (nSPS) is 22.4. The lowest BCUT2D eigenvalue weighted by molar-refractivity contribution is -0.182. The minimum Gasteiger partial charge on any atom is -0.375 e. The first-order chi connectivity index (χ1) is 12.7. The number of ether oxygens (including phenoxy) is 2. The van der Waals surface area contributed by atoms with E-state index < -0.39 is 0 Å². The van der Waals surface area contributed by atoms with Crippen LogP contribution in [-0.2, 0) is 29.7 Å². The molecular formula is C20H28N4O2. The summed E-state index contributed by atoms with van der Waals surface area (Å²) >= 11 is 0. The van der Waals surface area contributed by atoms with E-state index in [2.05, 4.69) is 21.2 Å². The summed E-state index contributed by atoms with van der Waals surface area (Å²) in [7, 11) is 1.96. The maximum atomic E-state index is 6.17. The third kappa shape index (κ3) is 4.31. The molecule has 1 atom stereocenters. The Morgan fingerprint density at radius 3 is 3.04 bits per heavy atom. The SMILES string of the molecule is Cn1cc(CN2CC3(CC(CCOCc4ccccn4)CCO3)C2)cn1. The van der Waals surface area contributed by atoms with Crippen LogP contribution in [0.15, 0.2) is 36.8 Å². The lowest BCUT2D eigenvalue weighted by Crippen LogP contribution is -2.64. The predicted molar refractivity (Wildman–Crippen MR) is 98.4 cm³/mol. The van der Waals surface area contributed by atoms with Crippen molar-refractivity contribution in [1.29, 1.82) is 0 Å². The van der Waals surface area contributed by atoms with Crippen LogP contribution in [0.5, 0.6) is 0 Å². The number of nitrogens with zero attached hydrogens (tertiary/aromatic N) is 4. The van der Waals surface area contributed by atoms with Crippen LogP contribution in [0.4, 0.5) is 0 Å². The fourth-order valence-corrected chi connectivity index (χ4v) is 4.20. The van der Waals surface area contributed by atoms with Gasteiger partial charge in [-0.2, -0.15) is 5.10 Å². The van der Waals surface area contributed by atoms with Crippen molar-refractivity contribution in [3.8, 4) is 0 Å². The number of rotatable bonds is 7. The van der Waals surface area contributed by atoms with Crippen molar-refractivity contribution in [2.45, 2.75) is 38.0 Å². The lowest BCUT2D eigenvalue weighted by Gasteiger charge is -2.53. The molecule has 1 spiro atoms. The van der Waals surface area contributed by atoms with Gasteiger partial charge in [0.15, 0.2) is 0 Å². The van der Waals surface area contributed by atoms with E-state index >= 15 is 0 Å². The van der Waals surface area contributed by atoms with Crippen LogP contribution in [0.2, 0.25) is 0 Å². The third-order valence-electron chi connectivity index (χ3n) is 5.43. The minimum absolute atomic E-state index is 0.0755. The van der Waals surface area contributed by atoms with Crippen LogP contribution in [0.3, 0.4) is 0 Å². The highest BCUT2D eigenvalue weighted by molar-refractivity contribution is 5.08. The van der Waals surface area contributed by atoms with Crippen LogP contribution in [0.25, 0.3) is 0 Å². The number of aryl methyl sites for hydroxylation is 1. The van der Waals surface area contributed by atoms with Gasteiger partial charge in [0.05, 0.1) is 24.1 Å². The number of aromatic nitrogens is 3. The molecule has 0 saturated carbocycles. The second-order valence-electron chi connectivity index (χ2n) is 7.72. The predicted octanol–water partition coefficient (Wildman–Crippen LogP) is 2.40. The average Bonchev–Trinajstić information content (AvgIpc) is 3.04. The van der Waals surface area contributed by atoms with Crippen LogP contribution in [-0.4, -0.2) is 51.6 Å². The van der Waals surface area contributed by atoms with Crippen molar-refractivity contribution in [3.63, 3.8) is 0 Å². The Morgan fingerprint density at radius 1 is 1.35 bits per heavy atom. The first kappa shape index (κ1) is 17.6. The highest BCUT2D eigenvalue weighted by atomic mass is 16.5. The number of pyridine rings is 1. The Morgan fingerprint density at radius 2 is 2.27 bits per heavy atom. The molecule has 6 nitrogen and oxygen atoms in total. The van der Waals surface area contributed by atoms with E-state index in [1.165, 1.54) is 5.56 Å². The van der Waals surface area contributed by atoms with E-state index in [0.29, 0.717) is 12.5 Å². The van der Waals surface area contributed by atoms with Crippen molar-refractivity contribution in [1.82, 2.24) is 19.7 Å². The molecule has 0 aliphatic carbocycles. The van der Waals surface area contributed by atoms with E-state index in [9.17, 15) is 0 Å². The fourth-order valence-electron chi connectivity index (χ4n) is 4.20. The quantitative estimate of drug-likeness (QED) is 0.713. The zero-order valence-electron chi connectivity index (χ0n) is 15.5. The Bertz CT molecular complexity index is 697. The van der Waals surface area contributed by atoms with Gasteiger partial charge in [-0.05, 0) is 37.3 Å². The molecular weight excluding hydrogens is 328 g/mol. The Labute approximate surface area is 155 Å². The van der Waals surface area contributed by atoms with Gasteiger partial charge >= 0.3 is 0 Å². The topological polar surface area (TPSA) is 52.4 Å². The Hall–Kier alpha value is -1.76. The third-order valence-corrected chi connectivity index (χ3v) is 5.43. The molecule has 4 heterocycles. The molecule has 0 amide bonds. The van der Waals surface area contributed by atoms with E-state index in [1.54, 1.807) is 0 Å². The summed E-state index contributed by atoms with van der Waals surface area (Å²) in [5, 5.41) is 4.25. The summed E-state index contributed by atoms with van der Waals surface area (Å²) in [6.07, 6.45) is 9.28. The number of hydrogen-bond donors (Lipinski definition) is 0. The molecule has 2 aliphatic heterocycles. The van der Waals surface area contributed by atoms with Crippen molar-refractivity contribution >= 4 is 0 Å². The first-order valence-electron chi connectivity index (χ1n) is 9.52. The molecule has 0 aromatic carbocycles. The van der Waals surface area contributed by atoms with Gasteiger partial charge in [0.2, 0.25) is 0 Å². The highest BCUT2D eigenvalue weighted by Gasteiger charge is 2.47. The summed E-state index contributed by atoms with van der Waals surface area (Å²) in [6.45, 7) is 5.33. The Balaban J connectivity index is 1.18. The van der Waals surface area contributed by atoms with Crippen molar-refractivity contribution in [2.24, 2.45) is 13.0 Å². The second kappa shape index (κ2) is 7.86.